The van der Waals surface area contributed by atoms with E-state index in [1.54, 1.807) is 42.5 Å². The van der Waals surface area contributed by atoms with E-state index in [4.69, 9.17) is 9.84 Å². The molecule has 0 bridgehead atoms. The van der Waals surface area contributed by atoms with Gasteiger partial charge in [0, 0.05) is 13.0 Å². The van der Waals surface area contributed by atoms with Gasteiger partial charge in [-0.2, -0.15) is 13.2 Å². The third-order valence-electron chi connectivity index (χ3n) is 5.05. The summed E-state index contributed by atoms with van der Waals surface area (Å²) in [7, 11) is 0. The highest BCUT2D eigenvalue weighted by Gasteiger charge is 2.31. The Hall–Kier alpha value is -3.88. The number of benzene rings is 3. The standard InChI is InChI=1S/C25H21F4NO4/c1-15-11-20(8-5-17(15)6-10-23(31)32)34-19-4-2-3-16(12-19)14-30-24(33)21-9-7-18(13-22(21)26)25(27,28)29/h2-5,7-9,11-13H,6,10,14H2,1H3,(H,30,33)(H,31,32). The van der Waals surface area contributed by atoms with Gasteiger partial charge in [-0.05, 0) is 72.5 Å². The van der Waals surface area contributed by atoms with Crippen LogP contribution in [0, 0.1) is 12.7 Å². The molecule has 1 amide bonds. The number of hydrogen-bond acceptors (Lipinski definition) is 3. The molecule has 0 spiro atoms. The number of aryl methyl sites for hydroxylation is 2. The average Bonchev–Trinajstić information content (AvgIpc) is 2.76. The number of ether oxygens (including phenoxy) is 1. The summed E-state index contributed by atoms with van der Waals surface area (Å²) in [4.78, 5) is 23.0. The second-order valence-electron chi connectivity index (χ2n) is 7.61. The minimum absolute atomic E-state index is 0.00362. The Morgan fingerprint density at radius 2 is 1.74 bits per heavy atom. The van der Waals surface area contributed by atoms with Crippen LogP contribution in [0.5, 0.6) is 11.5 Å². The first-order valence-electron chi connectivity index (χ1n) is 10.3. The summed E-state index contributed by atoms with van der Waals surface area (Å²) >= 11 is 0. The molecule has 34 heavy (non-hydrogen) atoms. The Bertz CT molecular complexity index is 1210. The number of carboxylic acids is 1. The van der Waals surface area contributed by atoms with Crippen molar-refractivity contribution >= 4 is 11.9 Å². The number of rotatable bonds is 8. The van der Waals surface area contributed by atoms with Gasteiger partial charge in [0.25, 0.3) is 5.91 Å². The monoisotopic (exact) mass is 475 g/mol. The molecule has 3 aromatic rings. The molecule has 0 aliphatic heterocycles. The van der Waals surface area contributed by atoms with E-state index in [1.165, 1.54) is 0 Å². The molecule has 3 aromatic carbocycles. The van der Waals surface area contributed by atoms with E-state index in [1.807, 2.05) is 6.92 Å². The Balaban J connectivity index is 1.63. The van der Waals surface area contributed by atoms with Crippen molar-refractivity contribution < 1.29 is 37.0 Å². The van der Waals surface area contributed by atoms with Gasteiger partial charge in [0.1, 0.15) is 17.3 Å². The van der Waals surface area contributed by atoms with Gasteiger partial charge in [-0.1, -0.05) is 18.2 Å². The fourth-order valence-corrected chi connectivity index (χ4v) is 3.26. The topological polar surface area (TPSA) is 75.6 Å². The van der Waals surface area contributed by atoms with E-state index < -0.39 is 35.0 Å². The number of halogens is 4. The smallest absolute Gasteiger partial charge is 0.416 e. The van der Waals surface area contributed by atoms with Crippen molar-refractivity contribution in [3.8, 4) is 11.5 Å². The van der Waals surface area contributed by atoms with Crippen LogP contribution in [0.3, 0.4) is 0 Å². The van der Waals surface area contributed by atoms with E-state index in [0.717, 1.165) is 17.2 Å². The van der Waals surface area contributed by atoms with Crippen LogP contribution < -0.4 is 10.1 Å². The predicted octanol–water partition coefficient (Wildman–Crippen LogP) is 5.89. The summed E-state index contributed by atoms with van der Waals surface area (Å²) in [5.74, 6) is -1.95. The van der Waals surface area contributed by atoms with Crippen LogP contribution in [-0.4, -0.2) is 17.0 Å². The first kappa shape index (κ1) is 24.8. The molecule has 0 aliphatic rings. The van der Waals surface area contributed by atoms with E-state index in [0.29, 0.717) is 29.5 Å². The van der Waals surface area contributed by atoms with Crippen molar-refractivity contribution in [1.29, 1.82) is 0 Å². The van der Waals surface area contributed by atoms with Crippen LogP contribution >= 0.6 is 0 Å². The third kappa shape index (κ3) is 6.57. The lowest BCUT2D eigenvalue weighted by molar-refractivity contribution is -0.138. The van der Waals surface area contributed by atoms with E-state index >= 15 is 0 Å². The van der Waals surface area contributed by atoms with Crippen molar-refractivity contribution in [2.24, 2.45) is 0 Å². The van der Waals surface area contributed by atoms with Crippen LogP contribution in [0.2, 0.25) is 0 Å². The van der Waals surface area contributed by atoms with Gasteiger partial charge >= 0.3 is 12.1 Å². The Kier molecular flexibility index (Phi) is 7.55. The molecule has 3 rings (SSSR count). The van der Waals surface area contributed by atoms with Gasteiger partial charge in [-0.3, -0.25) is 9.59 Å². The number of alkyl halides is 3. The average molecular weight is 475 g/mol. The highest BCUT2D eigenvalue weighted by atomic mass is 19.4. The quantitative estimate of drug-likeness (QED) is 0.398. The minimum Gasteiger partial charge on any atom is -0.481 e. The SMILES string of the molecule is Cc1cc(Oc2cccc(CNC(=O)c3ccc(C(F)(F)F)cc3F)c2)ccc1CCC(=O)O. The maximum Gasteiger partial charge on any atom is 0.416 e. The summed E-state index contributed by atoms with van der Waals surface area (Å²) in [6, 6.07) is 13.8. The largest absolute Gasteiger partial charge is 0.481 e. The summed E-state index contributed by atoms with van der Waals surface area (Å²) in [6.45, 7) is 1.86. The lowest BCUT2D eigenvalue weighted by Gasteiger charge is -2.12. The zero-order valence-electron chi connectivity index (χ0n) is 18.1. The number of aliphatic carboxylic acids is 1. The number of carbonyl (C=O) groups excluding carboxylic acids is 1. The summed E-state index contributed by atoms with van der Waals surface area (Å²) in [6.07, 6.45) is -4.26. The molecule has 9 heteroatoms. The predicted molar refractivity (Wildman–Crippen MR) is 116 cm³/mol. The Morgan fingerprint density at radius 3 is 2.38 bits per heavy atom. The first-order chi connectivity index (χ1) is 16.0. The summed E-state index contributed by atoms with van der Waals surface area (Å²) in [5, 5.41) is 11.3. The van der Waals surface area contributed by atoms with Crippen molar-refractivity contribution in [2.75, 3.05) is 0 Å². The number of carbonyl (C=O) groups is 2. The fraction of sp³-hybridized carbons (Fsp3) is 0.200. The molecule has 0 aliphatic carbocycles. The molecule has 0 radical (unpaired) electrons. The summed E-state index contributed by atoms with van der Waals surface area (Å²) < 4.78 is 57.8. The van der Waals surface area contributed by atoms with Crippen LogP contribution in [-0.2, 0) is 23.9 Å². The molecule has 0 aromatic heterocycles. The molecule has 0 heterocycles. The molecule has 0 unspecified atom stereocenters. The van der Waals surface area contributed by atoms with Crippen molar-refractivity contribution in [1.82, 2.24) is 5.32 Å². The maximum absolute atomic E-state index is 14.0. The third-order valence-corrected chi connectivity index (χ3v) is 5.05. The zero-order valence-corrected chi connectivity index (χ0v) is 18.1. The highest BCUT2D eigenvalue weighted by molar-refractivity contribution is 5.94. The Morgan fingerprint density at radius 1 is 1.00 bits per heavy atom. The molecule has 0 saturated heterocycles. The Labute approximate surface area is 193 Å². The molecule has 178 valence electrons. The van der Waals surface area contributed by atoms with Gasteiger partial charge in [-0.25, -0.2) is 4.39 Å². The molecule has 0 fully saturated rings. The highest BCUT2D eigenvalue weighted by Crippen LogP contribution is 2.30. The molecule has 5 nitrogen and oxygen atoms in total. The minimum atomic E-state index is -4.70. The van der Waals surface area contributed by atoms with Crippen molar-refractivity contribution in [3.63, 3.8) is 0 Å². The van der Waals surface area contributed by atoms with Crippen molar-refractivity contribution in [3.05, 3.63) is 94.3 Å². The molecule has 2 N–H and O–H groups in total. The zero-order chi connectivity index (χ0) is 24.9. The number of amides is 1. The fourth-order valence-electron chi connectivity index (χ4n) is 3.26. The molecular formula is C25H21F4NO4. The van der Waals surface area contributed by atoms with E-state index in [-0.39, 0.29) is 19.0 Å². The van der Waals surface area contributed by atoms with Crippen molar-refractivity contribution in [2.45, 2.75) is 32.5 Å². The van der Waals surface area contributed by atoms with Crippen LogP contribution in [0.4, 0.5) is 17.6 Å². The lowest BCUT2D eigenvalue weighted by Crippen LogP contribution is -2.24. The van der Waals surface area contributed by atoms with Gasteiger partial charge < -0.3 is 15.2 Å². The van der Waals surface area contributed by atoms with Crippen LogP contribution in [0.15, 0.2) is 60.7 Å². The van der Waals surface area contributed by atoms with Gasteiger partial charge in [0.15, 0.2) is 0 Å². The van der Waals surface area contributed by atoms with E-state index in [9.17, 15) is 27.2 Å². The summed E-state index contributed by atoms with van der Waals surface area (Å²) in [5.41, 5.74) is 0.769. The molecular weight excluding hydrogens is 454 g/mol. The van der Waals surface area contributed by atoms with Gasteiger partial charge in [0.05, 0.1) is 11.1 Å². The second-order valence-corrected chi connectivity index (χ2v) is 7.61. The second kappa shape index (κ2) is 10.4. The molecule has 0 saturated carbocycles. The van der Waals surface area contributed by atoms with E-state index in [2.05, 4.69) is 5.32 Å². The lowest BCUT2D eigenvalue weighted by atomic mass is 10.0. The van der Waals surface area contributed by atoms with Gasteiger partial charge in [-0.15, -0.1) is 0 Å². The van der Waals surface area contributed by atoms with Crippen LogP contribution in [0.1, 0.15) is 39.0 Å². The normalized spacial score (nSPS) is 11.2. The number of hydrogen-bond donors (Lipinski definition) is 2. The van der Waals surface area contributed by atoms with Crippen LogP contribution in [0.25, 0.3) is 0 Å². The number of nitrogens with one attached hydrogen (secondary N) is 1. The van der Waals surface area contributed by atoms with Gasteiger partial charge in [0.2, 0.25) is 0 Å². The maximum atomic E-state index is 14.0. The first-order valence-corrected chi connectivity index (χ1v) is 10.3. The number of carboxylic acid groups (broad SMARTS) is 1. The molecule has 0 atom stereocenters.